The molecular formula is C27H44BrFN2. The van der Waals surface area contributed by atoms with Gasteiger partial charge in [-0.25, -0.2) is 13.5 Å². The maximum Gasteiger partial charge on any atom is 0.253 e. The summed E-state index contributed by atoms with van der Waals surface area (Å²) in [5.41, 5.74) is 1.01. The predicted molar refractivity (Wildman–Crippen MR) is 125 cm³/mol. The molecule has 2 nitrogen and oxygen atoms in total. The van der Waals surface area contributed by atoms with Gasteiger partial charge in [-0.15, -0.1) is 0 Å². The molecule has 1 aromatic heterocycles. The Labute approximate surface area is 201 Å². The van der Waals surface area contributed by atoms with Gasteiger partial charge in [-0.2, -0.15) is 0 Å². The molecule has 0 amide bonds. The van der Waals surface area contributed by atoms with Gasteiger partial charge < -0.3 is 17.0 Å². The highest BCUT2D eigenvalue weighted by atomic mass is 79.9. The second-order valence-corrected chi connectivity index (χ2v) is 8.89. The van der Waals surface area contributed by atoms with Crippen LogP contribution in [0.2, 0.25) is 0 Å². The second-order valence-electron chi connectivity index (χ2n) is 8.89. The van der Waals surface area contributed by atoms with E-state index in [0.29, 0.717) is 0 Å². The molecule has 2 aromatic rings. The van der Waals surface area contributed by atoms with Crippen LogP contribution < -0.4 is 21.5 Å². The topological polar surface area (TPSA) is 8.81 Å². The molecule has 0 aliphatic carbocycles. The van der Waals surface area contributed by atoms with Crippen molar-refractivity contribution >= 4 is 0 Å². The van der Waals surface area contributed by atoms with Crippen molar-refractivity contribution in [2.24, 2.45) is 0 Å². The van der Waals surface area contributed by atoms with E-state index < -0.39 is 0 Å². The summed E-state index contributed by atoms with van der Waals surface area (Å²) in [6, 6.07) is 6.89. The summed E-state index contributed by atoms with van der Waals surface area (Å²) in [5.74, 6) is 1.08. The zero-order valence-electron chi connectivity index (χ0n) is 19.9. The summed E-state index contributed by atoms with van der Waals surface area (Å²) in [4.78, 5) is 0. The minimum atomic E-state index is -0.160. The van der Waals surface area contributed by atoms with Gasteiger partial charge in [0.05, 0.1) is 6.54 Å². The SMILES string of the molecule is CCCCCCCCCCCCCCCCn1cc[n+](Cc2cccc(F)c2)c1C.[Br-]. The van der Waals surface area contributed by atoms with Crippen LogP contribution in [0.4, 0.5) is 4.39 Å². The minimum Gasteiger partial charge on any atom is -1.00 e. The van der Waals surface area contributed by atoms with E-state index in [-0.39, 0.29) is 22.8 Å². The fourth-order valence-electron chi connectivity index (χ4n) is 4.25. The van der Waals surface area contributed by atoms with Crippen molar-refractivity contribution in [1.29, 1.82) is 0 Å². The first-order valence-electron chi connectivity index (χ1n) is 12.5. The lowest BCUT2D eigenvalue weighted by atomic mass is 10.0. The number of hydrogen-bond donors (Lipinski definition) is 0. The first-order chi connectivity index (χ1) is 14.7. The highest BCUT2D eigenvalue weighted by Gasteiger charge is 2.12. The van der Waals surface area contributed by atoms with Gasteiger partial charge in [0.15, 0.2) is 0 Å². The molecule has 0 fully saturated rings. The van der Waals surface area contributed by atoms with E-state index in [9.17, 15) is 4.39 Å². The summed E-state index contributed by atoms with van der Waals surface area (Å²) in [6.45, 7) is 6.26. The van der Waals surface area contributed by atoms with Crippen LogP contribution in [0.15, 0.2) is 36.7 Å². The van der Waals surface area contributed by atoms with E-state index in [2.05, 4.69) is 35.4 Å². The molecular weight excluding hydrogens is 451 g/mol. The predicted octanol–water partition coefficient (Wildman–Crippen LogP) is 4.76. The average molecular weight is 496 g/mol. The van der Waals surface area contributed by atoms with E-state index in [1.165, 1.54) is 102 Å². The Morgan fingerprint density at radius 3 is 1.90 bits per heavy atom. The van der Waals surface area contributed by atoms with E-state index in [1.54, 1.807) is 12.1 Å². The number of aromatic nitrogens is 2. The third-order valence-electron chi connectivity index (χ3n) is 6.25. The molecule has 0 aliphatic heterocycles. The molecule has 0 saturated carbocycles. The van der Waals surface area contributed by atoms with Crippen molar-refractivity contribution in [2.45, 2.75) is 117 Å². The highest BCUT2D eigenvalue weighted by Crippen LogP contribution is 2.13. The average Bonchev–Trinajstić information content (AvgIpc) is 3.08. The fraction of sp³-hybridized carbons (Fsp3) is 0.667. The summed E-state index contributed by atoms with van der Waals surface area (Å²) in [7, 11) is 0. The van der Waals surface area contributed by atoms with Crippen molar-refractivity contribution in [3.05, 3.63) is 53.9 Å². The molecule has 0 bridgehead atoms. The van der Waals surface area contributed by atoms with Crippen LogP contribution in [0.1, 0.15) is 108 Å². The van der Waals surface area contributed by atoms with Gasteiger partial charge in [0, 0.05) is 6.92 Å². The third-order valence-corrected chi connectivity index (χ3v) is 6.25. The minimum absolute atomic E-state index is 0. The molecule has 0 saturated heterocycles. The van der Waals surface area contributed by atoms with Crippen LogP contribution in [0.5, 0.6) is 0 Å². The number of aryl methyl sites for hydroxylation is 1. The maximum absolute atomic E-state index is 13.4. The van der Waals surface area contributed by atoms with Crippen LogP contribution in [-0.4, -0.2) is 4.57 Å². The molecule has 0 N–H and O–H groups in total. The molecule has 0 unspecified atom stereocenters. The number of halogens is 2. The Hall–Kier alpha value is -1.16. The van der Waals surface area contributed by atoms with Crippen molar-refractivity contribution < 1.29 is 25.9 Å². The monoisotopic (exact) mass is 494 g/mol. The molecule has 1 aromatic carbocycles. The maximum atomic E-state index is 13.4. The van der Waals surface area contributed by atoms with Gasteiger partial charge in [-0.1, -0.05) is 96.1 Å². The smallest absolute Gasteiger partial charge is 0.253 e. The van der Waals surface area contributed by atoms with Crippen molar-refractivity contribution in [3.63, 3.8) is 0 Å². The van der Waals surface area contributed by atoms with E-state index in [0.717, 1.165) is 18.7 Å². The Bertz CT molecular complexity index is 698. The van der Waals surface area contributed by atoms with Crippen LogP contribution in [0.3, 0.4) is 0 Å². The largest absolute Gasteiger partial charge is 1.00 e. The molecule has 176 valence electrons. The fourth-order valence-corrected chi connectivity index (χ4v) is 4.25. The number of unbranched alkanes of at least 4 members (excludes halogenated alkanes) is 13. The Morgan fingerprint density at radius 1 is 0.806 bits per heavy atom. The lowest BCUT2D eigenvalue weighted by Crippen LogP contribution is -3.00. The quantitative estimate of drug-likeness (QED) is 0.221. The van der Waals surface area contributed by atoms with Crippen LogP contribution in [0, 0.1) is 12.7 Å². The molecule has 4 heteroatoms. The Morgan fingerprint density at radius 2 is 1.35 bits per heavy atom. The number of benzene rings is 1. The van der Waals surface area contributed by atoms with Crippen molar-refractivity contribution in [3.8, 4) is 0 Å². The van der Waals surface area contributed by atoms with Gasteiger partial charge >= 0.3 is 0 Å². The third kappa shape index (κ3) is 11.9. The first kappa shape index (κ1) is 27.9. The molecule has 0 atom stereocenters. The molecule has 1 heterocycles. The zero-order chi connectivity index (χ0) is 21.4. The van der Waals surface area contributed by atoms with Crippen molar-refractivity contribution in [2.75, 3.05) is 0 Å². The first-order valence-corrected chi connectivity index (χ1v) is 12.5. The van der Waals surface area contributed by atoms with Crippen LogP contribution in [-0.2, 0) is 13.1 Å². The molecule has 31 heavy (non-hydrogen) atoms. The molecule has 0 spiro atoms. The van der Waals surface area contributed by atoms with Crippen molar-refractivity contribution in [1.82, 2.24) is 4.57 Å². The number of nitrogens with zero attached hydrogens (tertiary/aromatic N) is 2. The summed E-state index contributed by atoms with van der Waals surface area (Å²) in [6.07, 6.45) is 23.8. The highest BCUT2D eigenvalue weighted by molar-refractivity contribution is 5.15. The van der Waals surface area contributed by atoms with Gasteiger partial charge in [0.1, 0.15) is 24.8 Å². The van der Waals surface area contributed by atoms with E-state index >= 15 is 0 Å². The zero-order valence-corrected chi connectivity index (χ0v) is 21.5. The van der Waals surface area contributed by atoms with Crippen LogP contribution >= 0.6 is 0 Å². The molecule has 0 radical (unpaired) electrons. The number of hydrogen-bond acceptors (Lipinski definition) is 0. The lowest BCUT2D eigenvalue weighted by molar-refractivity contribution is -0.694. The number of rotatable bonds is 17. The number of imidazole rings is 1. The molecule has 0 aliphatic rings. The normalized spacial score (nSPS) is 10.9. The van der Waals surface area contributed by atoms with E-state index in [1.807, 2.05) is 6.07 Å². The summed E-state index contributed by atoms with van der Waals surface area (Å²) in [5, 5.41) is 0. The summed E-state index contributed by atoms with van der Waals surface area (Å²) >= 11 is 0. The standard InChI is InChI=1S/C27H44FN2.BrH/c1-3-4-5-6-7-8-9-10-11-12-13-14-15-16-20-29-21-22-30(25(29)2)24-26-18-17-19-27(28)23-26;/h17-19,21-23H,3-16,20,24H2,1-2H3;1H/q+1;/p-1. The lowest BCUT2D eigenvalue weighted by Gasteiger charge is -2.04. The molecule has 2 rings (SSSR count). The van der Waals surface area contributed by atoms with Gasteiger partial charge in [-0.3, -0.25) is 0 Å². The Kier molecular flexibility index (Phi) is 15.6. The van der Waals surface area contributed by atoms with Gasteiger partial charge in [-0.05, 0) is 30.5 Å². The van der Waals surface area contributed by atoms with Gasteiger partial charge in [0.2, 0.25) is 0 Å². The summed E-state index contributed by atoms with van der Waals surface area (Å²) < 4.78 is 17.9. The second kappa shape index (κ2) is 17.4. The van der Waals surface area contributed by atoms with E-state index in [4.69, 9.17) is 0 Å². The van der Waals surface area contributed by atoms with Gasteiger partial charge in [0.25, 0.3) is 5.82 Å². The Balaban J connectivity index is 0.00000480. The van der Waals surface area contributed by atoms with Crippen LogP contribution in [0.25, 0.3) is 0 Å².